The Kier molecular flexibility index (Phi) is 3.16. The molecule has 0 aromatic heterocycles. The molecule has 0 heterocycles. The zero-order valence-electron chi connectivity index (χ0n) is 3.81. The van der Waals surface area contributed by atoms with Crippen LogP contribution in [-0.2, 0) is 23.3 Å². The second-order valence-corrected chi connectivity index (χ2v) is 5.90. The molecule has 5 nitrogen and oxygen atoms in total. The van der Waals surface area contributed by atoms with Gasteiger partial charge in [-0.1, -0.05) is 0 Å². The summed E-state index contributed by atoms with van der Waals surface area (Å²) in [6, 6.07) is 0. The van der Waals surface area contributed by atoms with Gasteiger partial charge in [-0.15, -0.1) is 8.42 Å². The number of rotatable bonds is 2. The van der Waals surface area contributed by atoms with Crippen LogP contribution in [-0.4, -0.2) is 19.1 Å². The van der Waals surface area contributed by atoms with Gasteiger partial charge in [0.1, 0.15) is 0 Å². The third kappa shape index (κ3) is 3.50. The number of isocyanates is 1. The highest BCUT2D eigenvalue weighted by Crippen LogP contribution is 2.10. The Morgan fingerprint density at radius 3 is 2.22 bits per heavy atom. The fourth-order valence-corrected chi connectivity index (χ4v) is 0.688. The molecule has 8 heteroatoms. The van der Waals surface area contributed by atoms with Gasteiger partial charge in [-0.25, -0.2) is 9.35 Å². The molecule has 52 valence electrons. The molecule has 0 fully saturated rings. The lowest BCUT2D eigenvalue weighted by Gasteiger charge is -1.76. The van der Waals surface area contributed by atoms with E-state index in [1.54, 1.807) is 0 Å². The van der Waals surface area contributed by atoms with Crippen molar-refractivity contribution in [2.24, 2.45) is 4.40 Å². The number of hydrogen-bond acceptors (Lipinski definition) is 4. The highest BCUT2D eigenvalue weighted by molar-refractivity contribution is 8.75. The Labute approximate surface area is 57.9 Å². The minimum Gasteiger partial charge on any atom is -0.243 e. The van der Waals surface area contributed by atoms with E-state index >= 15 is 0 Å². The van der Waals surface area contributed by atoms with E-state index < -0.39 is 18.5 Å². The fourth-order valence-electron chi connectivity index (χ4n) is 0.0764. The first-order valence-corrected chi connectivity index (χ1v) is 5.41. The largest absolute Gasteiger partial charge is 0.496 e. The average molecular weight is 191 g/mol. The maximum Gasteiger partial charge on any atom is 0.496 e. The van der Waals surface area contributed by atoms with Crippen LogP contribution in [0.3, 0.4) is 0 Å². The highest BCUT2D eigenvalue weighted by atomic mass is 35.8. The Morgan fingerprint density at radius 1 is 1.67 bits per heavy atom. The Balaban J connectivity index is 4.42. The van der Waals surface area contributed by atoms with E-state index in [9.17, 15) is 13.2 Å². The van der Waals surface area contributed by atoms with Gasteiger partial charge >= 0.3 is 18.5 Å². The lowest BCUT2D eigenvalue weighted by atomic mass is 11.7. The number of carbonyl (C=O) groups excluding carboxylic acids is 1. The topological polar surface area (TPSA) is 83.8 Å². The summed E-state index contributed by atoms with van der Waals surface area (Å²) in [5.41, 5.74) is 0. The quantitative estimate of drug-likeness (QED) is 0.215. The molecule has 0 aliphatic heterocycles. The second-order valence-electron chi connectivity index (χ2n) is 0.817. The van der Waals surface area contributed by atoms with Crippen LogP contribution in [0.1, 0.15) is 0 Å². The number of nitrogens with zero attached hydrogens (tertiary/aromatic N) is 1. The first-order valence-electron chi connectivity index (χ1n) is 1.45. The van der Waals surface area contributed by atoms with Crippen molar-refractivity contribution in [3.05, 3.63) is 0 Å². The molecule has 0 amide bonds. The maximum absolute atomic E-state index is 9.88. The molecular formula is CHClNO4S2+. The van der Waals surface area contributed by atoms with E-state index in [0.717, 1.165) is 6.08 Å². The van der Waals surface area contributed by atoms with Gasteiger partial charge in [-0.3, -0.25) is 0 Å². The zero-order chi connectivity index (χ0) is 7.49. The van der Waals surface area contributed by atoms with Gasteiger partial charge in [-0.05, 0) is 0 Å². The summed E-state index contributed by atoms with van der Waals surface area (Å²) in [5, 5.41) is 0. The van der Waals surface area contributed by atoms with Crippen LogP contribution in [0, 0.1) is 0 Å². The highest BCUT2D eigenvalue weighted by Gasteiger charge is 2.34. The predicted octanol–water partition coefficient (Wildman–Crippen LogP) is -0.188. The van der Waals surface area contributed by atoms with Crippen LogP contribution in [0.5, 0.6) is 0 Å². The third-order valence-corrected chi connectivity index (χ3v) is 3.75. The SMILES string of the molecule is O=C=N[S+](Cl)S(=O)(=O)O. The summed E-state index contributed by atoms with van der Waals surface area (Å²) in [6.07, 6.45) is 0.890. The molecule has 0 aromatic carbocycles. The summed E-state index contributed by atoms with van der Waals surface area (Å²) >= 11 is 0. The van der Waals surface area contributed by atoms with Crippen molar-refractivity contribution in [3.63, 3.8) is 0 Å². The lowest BCUT2D eigenvalue weighted by Crippen LogP contribution is -2.04. The standard InChI is InChI=1S/CClNO4S2/c2-8(3-1-4)9(5,6)7/p+1. The van der Waals surface area contributed by atoms with Gasteiger partial charge in [0.25, 0.3) is 6.08 Å². The summed E-state index contributed by atoms with van der Waals surface area (Å²) in [5.74, 6) is 0. The molecule has 1 unspecified atom stereocenters. The van der Waals surface area contributed by atoms with E-state index in [1.807, 2.05) is 0 Å². The van der Waals surface area contributed by atoms with Gasteiger partial charge < -0.3 is 0 Å². The van der Waals surface area contributed by atoms with Crippen LogP contribution in [0.4, 0.5) is 0 Å². The van der Waals surface area contributed by atoms with E-state index in [2.05, 4.69) is 4.40 Å². The first-order chi connectivity index (χ1) is 3.98. The monoisotopic (exact) mass is 190 g/mol. The predicted molar refractivity (Wildman–Crippen MR) is 32.9 cm³/mol. The van der Waals surface area contributed by atoms with Gasteiger partial charge in [-0.2, -0.15) is 0 Å². The molecule has 0 radical (unpaired) electrons. The molecule has 0 saturated carbocycles. The van der Waals surface area contributed by atoms with Crippen molar-refractivity contribution < 1.29 is 17.8 Å². The Hall–Kier alpha value is -0.0700. The van der Waals surface area contributed by atoms with Crippen LogP contribution in [0.15, 0.2) is 4.40 Å². The van der Waals surface area contributed by atoms with Crippen LogP contribution in [0.25, 0.3) is 0 Å². The van der Waals surface area contributed by atoms with Crippen molar-refractivity contribution in [3.8, 4) is 0 Å². The minimum absolute atomic E-state index is 0.890. The summed E-state index contributed by atoms with van der Waals surface area (Å²) in [7, 11) is -1.77. The smallest absolute Gasteiger partial charge is 0.243 e. The maximum atomic E-state index is 9.88. The van der Waals surface area contributed by atoms with Gasteiger partial charge in [0, 0.05) is 0 Å². The third-order valence-electron chi connectivity index (χ3n) is 0.283. The molecule has 0 aliphatic rings. The first kappa shape index (κ1) is 8.93. The normalized spacial score (nSPS) is 14.0. The summed E-state index contributed by atoms with van der Waals surface area (Å²) in [6.45, 7) is 0. The van der Waals surface area contributed by atoms with Crippen molar-refractivity contribution in [2.75, 3.05) is 0 Å². The molecule has 0 spiro atoms. The lowest BCUT2D eigenvalue weighted by molar-refractivity contribution is 0.502. The van der Waals surface area contributed by atoms with Gasteiger partial charge in [0.2, 0.25) is 10.7 Å². The van der Waals surface area contributed by atoms with Crippen LogP contribution in [0.2, 0.25) is 0 Å². The van der Waals surface area contributed by atoms with Crippen LogP contribution >= 0.6 is 10.7 Å². The summed E-state index contributed by atoms with van der Waals surface area (Å²) < 4.78 is 30.3. The fraction of sp³-hybridized carbons (Fsp3) is 0. The van der Waals surface area contributed by atoms with Gasteiger partial charge in [0.05, 0.1) is 4.40 Å². The van der Waals surface area contributed by atoms with E-state index in [4.69, 9.17) is 15.2 Å². The summed E-state index contributed by atoms with van der Waals surface area (Å²) in [4.78, 5) is 9.32. The van der Waals surface area contributed by atoms with Crippen molar-refractivity contribution in [2.45, 2.75) is 0 Å². The molecule has 0 rings (SSSR count). The molecule has 0 aromatic rings. The molecule has 1 atom stereocenters. The van der Waals surface area contributed by atoms with Crippen LogP contribution < -0.4 is 0 Å². The minimum atomic E-state index is -4.40. The Morgan fingerprint density at radius 2 is 2.11 bits per heavy atom. The van der Waals surface area contributed by atoms with Crippen molar-refractivity contribution in [1.29, 1.82) is 0 Å². The number of hydrogen-bond donors (Lipinski definition) is 1. The van der Waals surface area contributed by atoms with E-state index in [1.165, 1.54) is 0 Å². The Bertz CT molecular complexity index is 227. The second kappa shape index (κ2) is 3.19. The molecule has 0 bridgehead atoms. The van der Waals surface area contributed by atoms with E-state index in [0.29, 0.717) is 0 Å². The molecule has 0 aliphatic carbocycles. The zero-order valence-corrected chi connectivity index (χ0v) is 6.20. The van der Waals surface area contributed by atoms with Gasteiger partial charge in [0.15, 0.2) is 0 Å². The molecular weight excluding hydrogens is 190 g/mol. The molecule has 1 N–H and O–H groups in total. The van der Waals surface area contributed by atoms with Crippen molar-refractivity contribution >= 4 is 35.2 Å². The molecule has 9 heavy (non-hydrogen) atoms. The molecule has 0 saturated heterocycles. The number of halogens is 1. The average Bonchev–Trinajstić information content (AvgIpc) is 1.64. The van der Waals surface area contributed by atoms with E-state index in [-0.39, 0.29) is 0 Å². The van der Waals surface area contributed by atoms with Crippen molar-refractivity contribution in [1.82, 2.24) is 0 Å².